The number of nitrogens with two attached hydrogens (primary N) is 1. The molecule has 0 saturated carbocycles. The van der Waals surface area contributed by atoms with Gasteiger partial charge in [-0.3, -0.25) is 0 Å². The number of hydrogen-bond donors (Lipinski definition) is 1. The van der Waals surface area contributed by atoms with Gasteiger partial charge < -0.3 is 10.5 Å². The van der Waals surface area contributed by atoms with Crippen molar-refractivity contribution < 1.29 is 4.74 Å². The predicted molar refractivity (Wildman–Crippen MR) is 77.9 cm³/mol. The molecule has 0 saturated heterocycles. The predicted octanol–water partition coefficient (Wildman–Crippen LogP) is 3.49. The number of rotatable bonds is 7. The molecule has 0 radical (unpaired) electrons. The molecular formula is C16H27NO. The number of ether oxygens (including phenoxy) is 1. The fourth-order valence-corrected chi connectivity index (χ4v) is 2.23. The SMILES string of the molecule is CCCC(OC)C(N)Cc1ccc(C(C)C)cc1. The summed E-state index contributed by atoms with van der Waals surface area (Å²) in [5.74, 6) is 0.583. The molecule has 2 unspecified atom stereocenters. The minimum absolute atomic E-state index is 0.0832. The van der Waals surface area contributed by atoms with Crippen molar-refractivity contribution in [2.45, 2.75) is 58.1 Å². The molecule has 1 aromatic rings. The van der Waals surface area contributed by atoms with E-state index in [4.69, 9.17) is 10.5 Å². The summed E-state index contributed by atoms with van der Waals surface area (Å²) in [7, 11) is 1.75. The van der Waals surface area contributed by atoms with Crippen LogP contribution in [0.4, 0.5) is 0 Å². The van der Waals surface area contributed by atoms with Gasteiger partial charge in [0.15, 0.2) is 0 Å². The molecule has 0 fully saturated rings. The molecule has 2 nitrogen and oxygen atoms in total. The molecular weight excluding hydrogens is 222 g/mol. The van der Waals surface area contributed by atoms with Gasteiger partial charge in [-0.15, -0.1) is 0 Å². The standard InChI is InChI=1S/C16H27NO/c1-5-6-16(18-4)15(17)11-13-7-9-14(10-8-13)12(2)3/h7-10,12,15-16H,5-6,11,17H2,1-4H3. The molecule has 0 heterocycles. The maximum atomic E-state index is 6.22. The van der Waals surface area contributed by atoms with Crippen molar-refractivity contribution in [2.24, 2.45) is 5.73 Å². The Morgan fingerprint density at radius 3 is 2.22 bits per heavy atom. The second kappa shape index (κ2) is 7.55. The summed E-state index contributed by atoms with van der Waals surface area (Å²) in [5.41, 5.74) is 8.89. The van der Waals surface area contributed by atoms with E-state index in [9.17, 15) is 0 Å². The third-order valence-electron chi connectivity index (χ3n) is 3.47. The largest absolute Gasteiger partial charge is 0.380 e. The lowest BCUT2D eigenvalue weighted by Gasteiger charge is -2.22. The summed E-state index contributed by atoms with van der Waals surface area (Å²) >= 11 is 0. The van der Waals surface area contributed by atoms with Crippen molar-refractivity contribution in [3.8, 4) is 0 Å². The molecule has 0 aromatic heterocycles. The molecule has 2 heteroatoms. The van der Waals surface area contributed by atoms with E-state index in [1.54, 1.807) is 7.11 Å². The Balaban J connectivity index is 2.60. The Hall–Kier alpha value is -0.860. The topological polar surface area (TPSA) is 35.2 Å². The highest BCUT2D eigenvalue weighted by atomic mass is 16.5. The fourth-order valence-electron chi connectivity index (χ4n) is 2.23. The van der Waals surface area contributed by atoms with Gasteiger partial charge in [-0.1, -0.05) is 51.5 Å². The van der Waals surface area contributed by atoms with Gasteiger partial charge in [0.25, 0.3) is 0 Å². The van der Waals surface area contributed by atoms with Crippen molar-refractivity contribution in [3.05, 3.63) is 35.4 Å². The second-order valence-corrected chi connectivity index (χ2v) is 5.33. The average Bonchev–Trinajstić information content (AvgIpc) is 2.36. The van der Waals surface area contributed by atoms with Crippen molar-refractivity contribution in [3.63, 3.8) is 0 Å². The van der Waals surface area contributed by atoms with Crippen LogP contribution in [-0.2, 0) is 11.2 Å². The summed E-state index contributed by atoms with van der Waals surface area (Å²) in [6, 6.07) is 8.87. The van der Waals surface area contributed by atoms with Gasteiger partial charge >= 0.3 is 0 Å². The zero-order chi connectivity index (χ0) is 13.5. The molecule has 0 spiro atoms. The zero-order valence-electron chi connectivity index (χ0n) is 12.1. The second-order valence-electron chi connectivity index (χ2n) is 5.33. The van der Waals surface area contributed by atoms with Crippen molar-refractivity contribution in [1.82, 2.24) is 0 Å². The molecule has 0 amide bonds. The lowest BCUT2D eigenvalue weighted by Crippen LogP contribution is -2.37. The van der Waals surface area contributed by atoms with Gasteiger partial charge in [0.1, 0.15) is 0 Å². The van der Waals surface area contributed by atoms with E-state index in [1.807, 2.05) is 0 Å². The Labute approximate surface area is 112 Å². The van der Waals surface area contributed by atoms with Crippen LogP contribution in [0.5, 0.6) is 0 Å². The average molecular weight is 249 g/mol. The van der Waals surface area contributed by atoms with Crippen LogP contribution in [0.1, 0.15) is 50.7 Å². The summed E-state index contributed by atoms with van der Waals surface area (Å²) < 4.78 is 5.46. The molecule has 0 aliphatic heterocycles. The number of benzene rings is 1. The van der Waals surface area contributed by atoms with E-state index in [0.717, 1.165) is 19.3 Å². The highest BCUT2D eigenvalue weighted by molar-refractivity contribution is 5.25. The van der Waals surface area contributed by atoms with Crippen LogP contribution in [0.3, 0.4) is 0 Å². The first-order valence-corrected chi connectivity index (χ1v) is 6.95. The summed E-state index contributed by atoms with van der Waals surface area (Å²) in [5, 5.41) is 0. The van der Waals surface area contributed by atoms with Gasteiger partial charge in [-0.25, -0.2) is 0 Å². The van der Waals surface area contributed by atoms with Gasteiger partial charge in [-0.2, -0.15) is 0 Å². The number of methoxy groups -OCH3 is 1. The molecule has 0 aliphatic rings. The highest BCUT2D eigenvalue weighted by Crippen LogP contribution is 2.16. The number of hydrogen-bond acceptors (Lipinski definition) is 2. The van der Waals surface area contributed by atoms with E-state index < -0.39 is 0 Å². The normalized spacial score (nSPS) is 14.8. The fraction of sp³-hybridized carbons (Fsp3) is 0.625. The van der Waals surface area contributed by atoms with Crippen LogP contribution < -0.4 is 5.73 Å². The summed E-state index contributed by atoms with van der Waals surface area (Å²) in [6.07, 6.45) is 3.19. The highest BCUT2D eigenvalue weighted by Gasteiger charge is 2.16. The lowest BCUT2D eigenvalue weighted by molar-refractivity contribution is 0.0727. The maximum Gasteiger partial charge on any atom is 0.0725 e. The monoisotopic (exact) mass is 249 g/mol. The lowest BCUT2D eigenvalue weighted by atomic mass is 9.96. The van der Waals surface area contributed by atoms with Crippen LogP contribution in [0, 0.1) is 0 Å². The van der Waals surface area contributed by atoms with E-state index in [-0.39, 0.29) is 12.1 Å². The minimum Gasteiger partial charge on any atom is -0.380 e. The summed E-state index contributed by atoms with van der Waals surface area (Å²) in [6.45, 7) is 6.59. The van der Waals surface area contributed by atoms with Gasteiger partial charge in [0.2, 0.25) is 0 Å². The first kappa shape index (κ1) is 15.2. The van der Waals surface area contributed by atoms with Crippen molar-refractivity contribution in [2.75, 3.05) is 7.11 Å². The van der Waals surface area contributed by atoms with E-state index in [2.05, 4.69) is 45.0 Å². The third kappa shape index (κ3) is 4.43. The van der Waals surface area contributed by atoms with Crippen LogP contribution in [0.2, 0.25) is 0 Å². The Kier molecular flexibility index (Phi) is 6.37. The van der Waals surface area contributed by atoms with Gasteiger partial charge in [0.05, 0.1) is 6.10 Å². The molecule has 0 aliphatic carbocycles. The Morgan fingerprint density at radius 2 is 1.78 bits per heavy atom. The Morgan fingerprint density at radius 1 is 1.17 bits per heavy atom. The molecule has 2 N–H and O–H groups in total. The van der Waals surface area contributed by atoms with Gasteiger partial charge in [0, 0.05) is 13.2 Å². The first-order valence-electron chi connectivity index (χ1n) is 6.95. The molecule has 2 atom stereocenters. The molecule has 0 bridgehead atoms. The van der Waals surface area contributed by atoms with Gasteiger partial charge in [-0.05, 0) is 29.9 Å². The molecule has 102 valence electrons. The van der Waals surface area contributed by atoms with E-state index in [1.165, 1.54) is 11.1 Å². The van der Waals surface area contributed by atoms with Crippen molar-refractivity contribution in [1.29, 1.82) is 0 Å². The quantitative estimate of drug-likeness (QED) is 0.802. The minimum atomic E-state index is 0.0832. The zero-order valence-corrected chi connectivity index (χ0v) is 12.1. The van der Waals surface area contributed by atoms with Crippen LogP contribution in [0.15, 0.2) is 24.3 Å². The van der Waals surface area contributed by atoms with E-state index >= 15 is 0 Å². The third-order valence-corrected chi connectivity index (χ3v) is 3.47. The maximum absolute atomic E-state index is 6.22. The Bertz CT molecular complexity index is 331. The first-order chi connectivity index (χ1) is 8.58. The molecule has 1 aromatic carbocycles. The van der Waals surface area contributed by atoms with Crippen LogP contribution in [-0.4, -0.2) is 19.3 Å². The van der Waals surface area contributed by atoms with Crippen LogP contribution in [0.25, 0.3) is 0 Å². The smallest absolute Gasteiger partial charge is 0.0725 e. The van der Waals surface area contributed by atoms with Crippen molar-refractivity contribution >= 4 is 0 Å². The van der Waals surface area contributed by atoms with E-state index in [0.29, 0.717) is 5.92 Å². The molecule has 1 rings (SSSR count). The van der Waals surface area contributed by atoms with Crippen LogP contribution >= 0.6 is 0 Å². The molecule has 18 heavy (non-hydrogen) atoms. The summed E-state index contributed by atoms with van der Waals surface area (Å²) in [4.78, 5) is 0.